The molecule has 2 aliphatic rings. The van der Waals surface area contributed by atoms with Crippen molar-refractivity contribution in [1.29, 1.82) is 0 Å². The molecule has 0 spiro atoms. The topological polar surface area (TPSA) is 66.9 Å². The fraction of sp³-hybridized carbons (Fsp3) is 0.348. The quantitative estimate of drug-likeness (QED) is 0.709. The van der Waals surface area contributed by atoms with Gasteiger partial charge in [-0.2, -0.15) is 0 Å². The molecule has 0 N–H and O–H groups in total. The molecule has 0 aliphatic carbocycles. The molecular formula is C23H24N2O4. The van der Waals surface area contributed by atoms with Crippen LogP contribution in [0.1, 0.15) is 39.1 Å². The van der Waals surface area contributed by atoms with Crippen molar-refractivity contribution in [1.82, 2.24) is 9.80 Å². The minimum Gasteiger partial charge on any atom is -0.374 e. The standard InChI is InChI=1S/C23H24N2O4/c26-21(24-13-14-29-18(16-24)15-17-7-2-1-3-8-17)11-6-12-25-22(27)19-9-4-5-10-20(19)23(25)28/h1-5,7-10,18H,6,11-16H2. The van der Waals surface area contributed by atoms with E-state index in [4.69, 9.17) is 4.74 Å². The lowest BCUT2D eigenvalue weighted by atomic mass is 10.1. The molecule has 0 bridgehead atoms. The highest BCUT2D eigenvalue weighted by Crippen LogP contribution is 2.23. The Labute approximate surface area is 170 Å². The molecule has 1 atom stereocenters. The second-order valence-corrected chi connectivity index (χ2v) is 7.43. The number of imide groups is 1. The molecule has 0 saturated carbocycles. The van der Waals surface area contributed by atoms with Crippen molar-refractivity contribution in [2.24, 2.45) is 0 Å². The maximum atomic E-state index is 12.6. The Kier molecular flexibility index (Phi) is 5.71. The van der Waals surface area contributed by atoms with E-state index >= 15 is 0 Å². The average molecular weight is 392 g/mol. The molecule has 6 nitrogen and oxygen atoms in total. The fourth-order valence-corrected chi connectivity index (χ4v) is 3.94. The van der Waals surface area contributed by atoms with Crippen LogP contribution in [0.15, 0.2) is 54.6 Å². The molecule has 1 saturated heterocycles. The highest BCUT2D eigenvalue weighted by molar-refractivity contribution is 6.21. The number of amides is 3. The Morgan fingerprint density at radius 3 is 2.31 bits per heavy atom. The van der Waals surface area contributed by atoms with Crippen molar-refractivity contribution in [3.8, 4) is 0 Å². The van der Waals surface area contributed by atoms with E-state index in [-0.39, 0.29) is 30.4 Å². The zero-order valence-corrected chi connectivity index (χ0v) is 16.3. The smallest absolute Gasteiger partial charge is 0.261 e. The van der Waals surface area contributed by atoms with Gasteiger partial charge in [-0.1, -0.05) is 42.5 Å². The molecule has 2 aliphatic heterocycles. The van der Waals surface area contributed by atoms with E-state index in [1.807, 2.05) is 23.1 Å². The van der Waals surface area contributed by atoms with Gasteiger partial charge in [0.05, 0.1) is 23.8 Å². The van der Waals surface area contributed by atoms with Crippen LogP contribution in [0.3, 0.4) is 0 Å². The second-order valence-electron chi connectivity index (χ2n) is 7.43. The second kappa shape index (κ2) is 8.57. The summed E-state index contributed by atoms with van der Waals surface area (Å²) in [4.78, 5) is 40.5. The first-order valence-corrected chi connectivity index (χ1v) is 10.0. The third-order valence-electron chi connectivity index (χ3n) is 5.45. The third-order valence-corrected chi connectivity index (χ3v) is 5.45. The minimum absolute atomic E-state index is 0.00802. The van der Waals surface area contributed by atoms with Crippen LogP contribution in [0, 0.1) is 0 Å². The molecule has 6 heteroatoms. The molecule has 1 unspecified atom stereocenters. The Morgan fingerprint density at radius 2 is 1.62 bits per heavy atom. The molecule has 3 amide bonds. The van der Waals surface area contributed by atoms with Crippen LogP contribution in [0.2, 0.25) is 0 Å². The van der Waals surface area contributed by atoms with Gasteiger partial charge in [0.25, 0.3) is 11.8 Å². The predicted octanol–water partition coefficient (Wildman–Crippen LogP) is 2.53. The van der Waals surface area contributed by atoms with Crippen LogP contribution < -0.4 is 0 Å². The van der Waals surface area contributed by atoms with Crippen LogP contribution in [-0.2, 0) is 16.0 Å². The predicted molar refractivity (Wildman–Crippen MR) is 108 cm³/mol. The minimum atomic E-state index is -0.271. The molecule has 1 fully saturated rings. The Bertz CT molecular complexity index is 877. The number of hydrogen-bond acceptors (Lipinski definition) is 4. The Morgan fingerprint density at radius 1 is 0.966 bits per heavy atom. The lowest BCUT2D eigenvalue weighted by Crippen LogP contribution is -2.46. The molecular weight excluding hydrogens is 368 g/mol. The summed E-state index contributed by atoms with van der Waals surface area (Å²) >= 11 is 0. The number of hydrogen-bond donors (Lipinski definition) is 0. The molecule has 0 aromatic heterocycles. The molecule has 2 aromatic carbocycles. The molecule has 150 valence electrons. The zero-order valence-electron chi connectivity index (χ0n) is 16.3. The third kappa shape index (κ3) is 4.22. The van der Waals surface area contributed by atoms with E-state index in [0.29, 0.717) is 43.7 Å². The lowest BCUT2D eigenvalue weighted by molar-refractivity contribution is -0.138. The first-order valence-electron chi connectivity index (χ1n) is 10.0. The van der Waals surface area contributed by atoms with Gasteiger partial charge >= 0.3 is 0 Å². The molecule has 2 heterocycles. The van der Waals surface area contributed by atoms with E-state index in [0.717, 1.165) is 6.42 Å². The SMILES string of the molecule is O=C(CCCN1C(=O)c2ccccc2C1=O)N1CCOC(Cc2ccccc2)C1. The van der Waals surface area contributed by atoms with Gasteiger partial charge in [0, 0.05) is 32.5 Å². The first kappa shape index (κ1) is 19.3. The summed E-state index contributed by atoms with van der Waals surface area (Å²) in [5.74, 6) is -0.498. The summed E-state index contributed by atoms with van der Waals surface area (Å²) in [5.41, 5.74) is 2.08. The monoisotopic (exact) mass is 392 g/mol. The molecule has 2 aromatic rings. The van der Waals surface area contributed by atoms with Gasteiger partial charge in [-0.3, -0.25) is 19.3 Å². The largest absolute Gasteiger partial charge is 0.374 e. The van der Waals surface area contributed by atoms with Gasteiger partial charge < -0.3 is 9.64 Å². The summed E-state index contributed by atoms with van der Waals surface area (Å²) in [6, 6.07) is 16.9. The molecule has 29 heavy (non-hydrogen) atoms. The first-order chi connectivity index (χ1) is 14.1. The number of nitrogens with zero attached hydrogens (tertiary/aromatic N) is 2. The van der Waals surface area contributed by atoms with E-state index < -0.39 is 0 Å². The number of morpholine rings is 1. The van der Waals surface area contributed by atoms with Crippen molar-refractivity contribution >= 4 is 17.7 Å². The Balaban J connectivity index is 1.27. The lowest BCUT2D eigenvalue weighted by Gasteiger charge is -2.33. The number of ether oxygens (including phenoxy) is 1. The van der Waals surface area contributed by atoms with Gasteiger partial charge in [0.2, 0.25) is 5.91 Å². The van der Waals surface area contributed by atoms with Crippen molar-refractivity contribution in [3.05, 3.63) is 71.3 Å². The fourth-order valence-electron chi connectivity index (χ4n) is 3.94. The summed E-state index contributed by atoms with van der Waals surface area (Å²) in [6.07, 6.45) is 1.54. The van der Waals surface area contributed by atoms with E-state index in [2.05, 4.69) is 12.1 Å². The van der Waals surface area contributed by atoms with E-state index in [1.54, 1.807) is 24.3 Å². The molecule has 0 radical (unpaired) electrons. The zero-order chi connectivity index (χ0) is 20.2. The summed E-state index contributed by atoms with van der Waals surface area (Å²) in [6.45, 7) is 1.94. The number of carbonyl (C=O) groups excluding carboxylic acids is 3. The number of fused-ring (bicyclic) bond motifs is 1. The van der Waals surface area contributed by atoms with Gasteiger partial charge in [-0.15, -0.1) is 0 Å². The van der Waals surface area contributed by atoms with Crippen molar-refractivity contribution in [2.75, 3.05) is 26.2 Å². The highest BCUT2D eigenvalue weighted by atomic mass is 16.5. The maximum Gasteiger partial charge on any atom is 0.261 e. The molecule has 4 rings (SSSR count). The summed E-state index contributed by atoms with van der Waals surface area (Å²) in [7, 11) is 0. The van der Waals surface area contributed by atoms with Gasteiger partial charge in [-0.25, -0.2) is 0 Å². The van der Waals surface area contributed by atoms with Gasteiger partial charge in [0.1, 0.15) is 0 Å². The van der Waals surface area contributed by atoms with Crippen molar-refractivity contribution < 1.29 is 19.1 Å². The van der Waals surface area contributed by atoms with E-state index in [1.165, 1.54) is 10.5 Å². The summed E-state index contributed by atoms with van der Waals surface area (Å²) in [5, 5.41) is 0. The van der Waals surface area contributed by atoms with Crippen LogP contribution in [0.25, 0.3) is 0 Å². The Hall–Kier alpha value is -2.99. The van der Waals surface area contributed by atoms with Crippen LogP contribution >= 0.6 is 0 Å². The van der Waals surface area contributed by atoms with Crippen LogP contribution in [0.4, 0.5) is 0 Å². The number of carbonyl (C=O) groups is 3. The average Bonchev–Trinajstić information content (AvgIpc) is 3.00. The van der Waals surface area contributed by atoms with Crippen molar-refractivity contribution in [3.63, 3.8) is 0 Å². The van der Waals surface area contributed by atoms with Gasteiger partial charge in [-0.05, 0) is 24.1 Å². The number of rotatable bonds is 6. The highest BCUT2D eigenvalue weighted by Gasteiger charge is 2.34. The van der Waals surface area contributed by atoms with Gasteiger partial charge in [0.15, 0.2) is 0 Å². The van der Waals surface area contributed by atoms with Crippen LogP contribution in [0.5, 0.6) is 0 Å². The van der Waals surface area contributed by atoms with Crippen molar-refractivity contribution in [2.45, 2.75) is 25.4 Å². The maximum absolute atomic E-state index is 12.6. The summed E-state index contributed by atoms with van der Waals surface area (Å²) < 4.78 is 5.82. The van der Waals surface area contributed by atoms with Crippen LogP contribution in [-0.4, -0.2) is 59.9 Å². The normalized spacial score (nSPS) is 18.8. The van der Waals surface area contributed by atoms with E-state index in [9.17, 15) is 14.4 Å². The number of benzene rings is 2.